The van der Waals surface area contributed by atoms with Gasteiger partial charge in [-0.25, -0.2) is 0 Å². The average Bonchev–Trinajstić information content (AvgIpc) is 1.85. The predicted molar refractivity (Wildman–Crippen MR) is 34.0 cm³/mol. The molecule has 0 saturated heterocycles. The maximum Gasteiger partial charge on any atom is 0.225 e. The predicted octanol–water partition coefficient (Wildman–Crippen LogP) is -1.15. The first kappa shape index (κ1) is 6.40. The topological polar surface area (TPSA) is 108 Å². The van der Waals surface area contributed by atoms with Crippen molar-refractivity contribution in [3.63, 3.8) is 0 Å². The minimum atomic E-state index is -0.0509. The third-order valence-corrected chi connectivity index (χ3v) is 0.793. The van der Waals surface area contributed by atoms with Gasteiger partial charge in [-0.3, -0.25) is 4.79 Å². The Hall–Kier alpha value is -1.72. The zero-order chi connectivity index (χ0) is 7.56. The van der Waals surface area contributed by atoms with Crippen molar-refractivity contribution in [3.8, 4) is 0 Å². The zero-order valence-corrected chi connectivity index (χ0v) is 4.98. The zero-order valence-electron chi connectivity index (χ0n) is 4.98. The number of rotatable bonds is 1. The van der Waals surface area contributed by atoms with E-state index in [1.165, 1.54) is 0 Å². The van der Waals surface area contributed by atoms with Crippen molar-refractivity contribution >= 4 is 18.2 Å². The number of nitrogen functional groups attached to an aromatic ring is 2. The number of anilines is 2. The Morgan fingerprint density at radius 2 is 1.60 bits per heavy atom. The molecule has 6 heteroatoms. The van der Waals surface area contributed by atoms with Gasteiger partial charge in [-0.1, -0.05) is 0 Å². The molecule has 6 nitrogen and oxygen atoms in total. The Kier molecular flexibility index (Phi) is 1.44. The lowest BCUT2D eigenvalue weighted by molar-refractivity contribution is 0.111. The van der Waals surface area contributed by atoms with Gasteiger partial charge in [-0.2, -0.15) is 15.0 Å². The van der Waals surface area contributed by atoms with Crippen LogP contribution in [0.1, 0.15) is 10.6 Å². The summed E-state index contributed by atoms with van der Waals surface area (Å²) in [5.41, 5.74) is 10.3. The molecule has 1 aromatic heterocycles. The van der Waals surface area contributed by atoms with Gasteiger partial charge in [0.05, 0.1) is 0 Å². The summed E-state index contributed by atoms with van der Waals surface area (Å²) in [6.45, 7) is 0. The standard InChI is InChI=1S/C4H5N5O/c5-3-7-2(1-10)8-4(6)9-3/h1H,(H4,5,6,7,8,9). The Labute approximate surface area is 56.3 Å². The molecule has 0 bridgehead atoms. The van der Waals surface area contributed by atoms with Gasteiger partial charge in [0.1, 0.15) is 0 Å². The first-order valence-electron chi connectivity index (χ1n) is 2.44. The van der Waals surface area contributed by atoms with Crippen LogP contribution < -0.4 is 11.5 Å². The van der Waals surface area contributed by atoms with Gasteiger partial charge in [-0.15, -0.1) is 0 Å². The second-order valence-electron chi connectivity index (χ2n) is 1.53. The minimum absolute atomic E-state index is 0.0467. The number of hydrogen-bond donors (Lipinski definition) is 2. The molecule has 4 N–H and O–H groups in total. The van der Waals surface area contributed by atoms with E-state index in [2.05, 4.69) is 15.0 Å². The van der Waals surface area contributed by atoms with Crippen LogP contribution in [0.4, 0.5) is 11.9 Å². The Bertz CT molecular complexity index is 240. The maximum atomic E-state index is 10.0. The van der Waals surface area contributed by atoms with Gasteiger partial charge in [-0.05, 0) is 0 Å². The first-order chi connectivity index (χ1) is 4.72. The molecule has 1 heterocycles. The quantitative estimate of drug-likeness (QED) is 0.475. The summed E-state index contributed by atoms with van der Waals surface area (Å²) in [6.07, 6.45) is 0.453. The molecule has 0 radical (unpaired) electrons. The molecular formula is C4H5N5O. The maximum absolute atomic E-state index is 10.0. The molecule has 1 aromatic rings. The fraction of sp³-hybridized carbons (Fsp3) is 0. The van der Waals surface area contributed by atoms with Gasteiger partial charge in [0, 0.05) is 0 Å². The van der Waals surface area contributed by atoms with Crippen molar-refractivity contribution < 1.29 is 4.79 Å². The van der Waals surface area contributed by atoms with Gasteiger partial charge in [0.2, 0.25) is 11.9 Å². The molecule has 0 fully saturated rings. The molecule has 1 rings (SSSR count). The monoisotopic (exact) mass is 139 g/mol. The number of carbonyl (C=O) groups is 1. The summed E-state index contributed by atoms with van der Waals surface area (Å²) < 4.78 is 0. The highest BCUT2D eigenvalue weighted by Gasteiger charge is 1.97. The summed E-state index contributed by atoms with van der Waals surface area (Å²) in [5, 5.41) is 0. The van der Waals surface area contributed by atoms with Crippen LogP contribution in [0.2, 0.25) is 0 Å². The summed E-state index contributed by atoms with van der Waals surface area (Å²) in [5.74, 6) is -0.144. The van der Waals surface area contributed by atoms with Crippen LogP contribution in [-0.4, -0.2) is 21.2 Å². The summed E-state index contributed by atoms with van der Waals surface area (Å²) >= 11 is 0. The highest BCUT2D eigenvalue weighted by Crippen LogP contribution is 1.94. The van der Waals surface area contributed by atoms with Gasteiger partial charge < -0.3 is 11.5 Å². The van der Waals surface area contributed by atoms with E-state index in [0.29, 0.717) is 6.29 Å². The largest absolute Gasteiger partial charge is 0.368 e. The van der Waals surface area contributed by atoms with Crippen molar-refractivity contribution in [1.29, 1.82) is 0 Å². The van der Waals surface area contributed by atoms with Crippen molar-refractivity contribution in [2.75, 3.05) is 11.5 Å². The summed E-state index contributed by atoms with van der Waals surface area (Å²) in [4.78, 5) is 20.4. The fourth-order valence-corrected chi connectivity index (χ4v) is 0.480. The Balaban J connectivity index is 3.18. The molecule has 0 aliphatic heterocycles. The summed E-state index contributed by atoms with van der Waals surface area (Å²) in [6, 6.07) is 0. The Morgan fingerprint density at radius 3 is 2.00 bits per heavy atom. The molecule has 0 unspecified atom stereocenters. The van der Waals surface area contributed by atoms with E-state index in [-0.39, 0.29) is 17.7 Å². The number of aromatic nitrogens is 3. The van der Waals surface area contributed by atoms with E-state index in [0.717, 1.165) is 0 Å². The molecule has 52 valence electrons. The molecule has 0 atom stereocenters. The molecule has 0 amide bonds. The van der Waals surface area contributed by atoms with E-state index >= 15 is 0 Å². The van der Waals surface area contributed by atoms with E-state index in [4.69, 9.17) is 11.5 Å². The van der Waals surface area contributed by atoms with Crippen LogP contribution >= 0.6 is 0 Å². The smallest absolute Gasteiger partial charge is 0.225 e. The number of aldehydes is 1. The highest BCUT2D eigenvalue weighted by molar-refractivity contribution is 5.69. The lowest BCUT2D eigenvalue weighted by Crippen LogP contribution is -2.05. The molecule has 0 aromatic carbocycles. The normalized spacial score (nSPS) is 9.20. The molecular weight excluding hydrogens is 134 g/mol. The lowest BCUT2D eigenvalue weighted by Gasteiger charge is -1.93. The third-order valence-electron chi connectivity index (χ3n) is 0.793. The number of nitrogens with zero attached hydrogens (tertiary/aromatic N) is 3. The minimum Gasteiger partial charge on any atom is -0.368 e. The van der Waals surface area contributed by atoms with E-state index in [1.54, 1.807) is 0 Å². The van der Waals surface area contributed by atoms with Crippen LogP contribution in [0, 0.1) is 0 Å². The third kappa shape index (κ3) is 1.16. The van der Waals surface area contributed by atoms with Crippen molar-refractivity contribution in [2.45, 2.75) is 0 Å². The highest BCUT2D eigenvalue weighted by atomic mass is 16.1. The van der Waals surface area contributed by atoms with E-state index < -0.39 is 0 Å². The second-order valence-corrected chi connectivity index (χ2v) is 1.53. The average molecular weight is 139 g/mol. The van der Waals surface area contributed by atoms with Crippen molar-refractivity contribution in [2.24, 2.45) is 0 Å². The fourth-order valence-electron chi connectivity index (χ4n) is 0.480. The van der Waals surface area contributed by atoms with Crippen LogP contribution in [0.3, 0.4) is 0 Å². The van der Waals surface area contributed by atoms with E-state index in [9.17, 15) is 4.79 Å². The summed E-state index contributed by atoms with van der Waals surface area (Å²) in [7, 11) is 0. The van der Waals surface area contributed by atoms with Crippen molar-refractivity contribution in [3.05, 3.63) is 5.82 Å². The van der Waals surface area contributed by atoms with Gasteiger partial charge in [0.25, 0.3) is 0 Å². The van der Waals surface area contributed by atoms with Gasteiger partial charge >= 0.3 is 0 Å². The number of carbonyl (C=O) groups excluding carboxylic acids is 1. The molecule has 0 aliphatic carbocycles. The van der Waals surface area contributed by atoms with Crippen LogP contribution in [0.25, 0.3) is 0 Å². The van der Waals surface area contributed by atoms with Crippen LogP contribution in [-0.2, 0) is 0 Å². The lowest BCUT2D eigenvalue weighted by atomic mass is 10.7. The first-order valence-corrected chi connectivity index (χ1v) is 2.44. The van der Waals surface area contributed by atoms with Crippen LogP contribution in [0.15, 0.2) is 0 Å². The second kappa shape index (κ2) is 2.26. The Morgan fingerprint density at radius 1 is 1.10 bits per heavy atom. The molecule has 0 saturated carbocycles. The molecule has 0 aliphatic rings. The molecule has 0 spiro atoms. The van der Waals surface area contributed by atoms with Crippen LogP contribution in [0.5, 0.6) is 0 Å². The van der Waals surface area contributed by atoms with E-state index in [1.807, 2.05) is 0 Å². The number of nitrogens with two attached hydrogens (primary N) is 2. The van der Waals surface area contributed by atoms with Gasteiger partial charge in [0.15, 0.2) is 12.1 Å². The molecule has 10 heavy (non-hydrogen) atoms. The number of hydrogen-bond acceptors (Lipinski definition) is 6. The van der Waals surface area contributed by atoms with Crippen molar-refractivity contribution in [1.82, 2.24) is 15.0 Å². The SMILES string of the molecule is Nc1nc(N)nc(C=O)n1.